The molecule has 9 nitrogen and oxygen atoms in total. The first-order chi connectivity index (χ1) is 16.9. The van der Waals surface area contributed by atoms with E-state index in [1.54, 1.807) is 42.5 Å². The van der Waals surface area contributed by atoms with Crippen molar-refractivity contribution < 1.29 is 19.1 Å². The normalized spacial score (nSPS) is 12.1. The number of thiophene rings is 1. The maximum atomic E-state index is 12.8. The number of anilines is 2. The molecule has 2 amide bonds. The quantitative estimate of drug-likeness (QED) is 0.421. The van der Waals surface area contributed by atoms with Crippen LogP contribution in [0.3, 0.4) is 0 Å². The summed E-state index contributed by atoms with van der Waals surface area (Å²) in [5.74, 6) is 0.559. The van der Waals surface area contributed by atoms with E-state index in [1.165, 1.54) is 22.2 Å². The summed E-state index contributed by atoms with van der Waals surface area (Å²) in [5.41, 5.74) is 2.28. The zero-order valence-electron chi connectivity index (χ0n) is 19.1. The lowest BCUT2D eigenvalue weighted by Gasteiger charge is -2.10. The van der Waals surface area contributed by atoms with Gasteiger partial charge in [0.15, 0.2) is 11.5 Å². The van der Waals surface area contributed by atoms with Gasteiger partial charge in [-0.15, -0.1) is 11.3 Å². The fourth-order valence-corrected chi connectivity index (χ4v) is 4.78. The molecule has 2 aromatic heterocycles. The molecule has 178 valence electrons. The van der Waals surface area contributed by atoms with E-state index in [9.17, 15) is 14.4 Å². The smallest absolute Gasteiger partial charge is 0.262 e. The Morgan fingerprint density at radius 1 is 1.06 bits per heavy atom. The Hall–Kier alpha value is -4.18. The number of benzene rings is 2. The third kappa shape index (κ3) is 4.60. The molecule has 0 radical (unpaired) electrons. The number of carbonyl (C=O) groups is 2. The summed E-state index contributed by atoms with van der Waals surface area (Å²) in [4.78, 5) is 44.1. The van der Waals surface area contributed by atoms with Crippen LogP contribution in [0, 0.1) is 13.8 Å². The van der Waals surface area contributed by atoms with Gasteiger partial charge >= 0.3 is 0 Å². The molecule has 1 aliphatic rings. The lowest BCUT2D eigenvalue weighted by Crippen LogP contribution is -2.23. The third-order valence-corrected chi connectivity index (χ3v) is 6.89. The van der Waals surface area contributed by atoms with Gasteiger partial charge in [-0.25, -0.2) is 4.98 Å². The van der Waals surface area contributed by atoms with Gasteiger partial charge < -0.3 is 20.1 Å². The number of rotatable bonds is 6. The molecule has 0 atom stereocenters. The molecule has 3 heterocycles. The van der Waals surface area contributed by atoms with Crippen molar-refractivity contribution in [3.8, 4) is 11.5 Å². The molecule has 0 saturated heterocycles. The lowest BCUT2D eigenvalue weighted by atomic mass is 10.2. The van der Waals surface area contributed by atoms with Crippen molar-refractivity contribution in [2.24, 2.45) is 0 Å². The number of amides is 2. The molecule has 4 aromatic rings. The number of hydrogen-bond acceptors (Lipinski definition) is 7. The fourth-order valence-electron chi connectivity index (χ4n) is 3.79. The van der Waals surface area contributed by atoms with E-state index in [-0.39, 0.29) is 37.1 Å². The van der Waals surface area contributed by atoms with Gasteiger partial charge in [-0.1, -0.05) is 6.07 Å². The lowest BCUT2D eigenvalue weighted by molar-refractivity contribution is -0.116. The maximum absolute atomic E-state index is 12.8. The molecule has 5 rings (SSSR count). The average molecular weight is 491 g/mol. The van der Waals surface area contributed by atoms with Crippen molar-refractivity contribution in [1.82, 2.24) is 9.55 Å². The second-order valence-electron chi connectivity index (χ2n) is 8.11. The van der Waals surface area contributed by atoms with Crippen molar-refractivity contribution in [1.29, 1.82) is 0 Å². The number of nitrogens with one attached hydrogen (secondary N) is 2. The van der Waals surface area contributed by atoms with Gasteiger partial charge in [-0.3, -0.25) is 19.0 Å². The van der Waals surface area contributed by atoms with Crippen molar-refractivity contribution >= 4 is 44.7 Å². The van der Waals surface area contributed by atoms with E-state index >= 15 is 0 Å². The van der Waals surface area contributed by atoms with E-state index in [0.717, 1.165) is 10.4 Å². The van der Waals surface area contributed by atoms with Crippen LogP contribution in [0.5, 0.6) is 11.5 Å². The second kappa shape index (κ2) is 9.22. The van der Waals surface area contributed by atoms with Crippen LogP contribution in [-0.2, 0) is 11.3 Å². The molecule has 0 aliphatic carbocycles. The van der Waals surface area contributed by atoms with Crippen LogP contribution in [0.1, 0.15) is 27.2 Å². The van der Waals surface area contributed by atoms with Crippen LogP contribution in [0.15, 0.2) is 53.6 Å². The van der Waals surface area contributed by atoms with Crippen LogP contribution in [-0.4, -0.2) is 28.2 Å². The predicted octanol–water partition coefficient (Wildman–Crippen LogP) is 4.08. The Labute approximate surface area is 204 Å². The standard InChI is InChI=1S/C25H22N4O5S/c1-14-15(2)35-24-22(14)25(32)29(12-26-24)9-8-21(30)27-17-4-3-5-18(11-17)28-23(31)16-6-7-19-20(10-16)34-13-33-19/h3-7,10-12H,8-9,13H2,1-2H3,(H,27,30)(H,28,31). The van der Waals surface area contributed by atoms with E-state index in [2.05, 4.69) is 15.6 Å². The minimum atomic E-state index is -0.312. The molecule has 0 saturated carbocycles. The highest BCUT2D eigenvalue weighted by Gasteiger charge is 2.17. The van der Waals surface area contributed by atoms with E-state index in [0.29, 0.717) is 38.7 Å². The van der Waals surface area contributed by atoms with Gasteiger partial charge in [0, 0.05) is 34.8 Å². The van der Waals surface area contributed by atoms with Crippen LogP contribution in [0.2, 0.25) is 0 Å². The molecule has 0 unspecified atom stereocenters. The highest BCUT2D eigenvalue weighted by atomic mass is 32.1. The van der Waals surface area contributed by atoms with Crippen molar-refractivity contribution in [2.75, 3.05) is 17.4 Å². The molecule has 35 heavy (non-hydrogen) atoms. The number of hydrogen-bond donors (Lipinski definition) is 2. The molecule has 10 heteroatoms. The molecule has 2 N–H and O–H groups in total. The summed E-state index contributed by atoms with van der Waals surface area (Å²) < 4.78 is 12.0. The molecule has 0 spiro atoms. The van der Waals surface area contributed by atoms with Gasteiger partial charge in [0.2, 0.25) is 12.7 Å². The SMILES string of the molecule is Cc1sc2ncn(CCC(=O)Nc3cccc(NC(=O)c4ccc5c(c4)OCO5)c3)c(=O)c2c1C. The maximum Gasteiger partial charge on any atom is 0.262 e. The van der Waals surface area contributed by atoms with Gasteiger partial charge in [0.05, 0.1) is 11.7 Å². The highest BCUT2D eigenvalue weighted by molar-refractivity contribution is 7.18. The fraction of sp³-hybridized carbons (Fsp3) is 0.200. The first-order valence-corrected chi connectivity index (χ1v) is 11.8. The number of aromatic nitrogens is 2. The van der Waals surface area contributed by atoms with Crippen LogP contribution < -0.4 is 25.7 Å². The molecule has 1 aliphatic heterocycles. The summed E-state index contributed by atoms with van der Waals surface area (Å²) in [6.45, 7) is 4.22. The van der Waals surface area contributed by atoms with E-state index in [4.69, 9.17) is 9.47 Å². The van der Waals surface area contributed by atoms with Gasteiger partial charge in [-0.2, -0.15) is 0 Å². The Morgan fingerprint density at radius 3 is 2.66 bits per heavy atom. The summed E-state index contributed by atoms with van der Waals surface area (Å²) in [7, 11) is 0. The number of nitrogens with zero attached hydrogens (tertiary/aromatic N) is 2. The number of fused-ring (bicyclic) bond motifs is 2. The van der Waals surface area contributed by atoms with Gasteiger partial charge in [0.1, 0.15) is 4.83 Å². The summed E-state index contributed by atoms with van der Waals surface area (Å²) >= 11 is 1.49. The minimum absolute atomic E-state index is 0.100. The Morgan fingerprint density at radius 2 is 1.83 bits per heavy atom. The van der Waals surface area contributed by atoms with Crippen molar-refractivity contribution in [3.05, 3.63) is 75.1 Å². The average Bonchev–Trinajstić information content (AvgIpc) is 3.42. The minimum Gasteiger partial charge on any atom is -0.454 e. The molecule has 0 bridgehead atoms. The van der Waals surface area contributed by atoms with E-state index in [1.807, 2.05) is 13.8 Å². The van der Waals surface area contributed by atoms with Gasteiger partial charge in [-0.05, 0) is 55.8 Å². The topological polar surface area (TPSA) is 112 Å². The van der Waals surface area contributed by atoms with Crippen molar-refractivity contribution in [2.45, 2.75) is 26.8 Å². The second-order valence-corrected chi connectivity index (χ2v) is 9.31. The monoisotopic (exact) mass is 490 g/mol. The third-order valence-electron chi connectivity index (χ3n) is 5.77. The number of aryl methyl sites for hydroxylation is 3. The zero-order chi connectivity index (χ0) is 24.5. The molecular formula is C25H22N4O5S. The summed E-state index contributed by atoms with van der Waals surface area (Å²) in [6.07, 6.45) is 1.59. The van der Waals surface area contributed by atoms with Crippen molar-refractivity contribution in [3.63, 3.8) is 0 Å². The first-order valence-electron chi connectivity index (χ1n) is 10.9. The predicted molar refractivity (Wildman–Crippen MR) is 134 cm³/mol. The molecule has 2 aromatic carbocycles. The van der Waals surface area contributed by atoms with Crippen LogP contribution in [0.25, 0.3) is 10.2 Å². The van der Waals surface area contributed by atoms with Crippen LogP contribution in [0.4, 0.5) is 11.4 Å². The Balaban J connectivity index is 1.22. The largest absolute Gasteiger partial charge is 0.454 e. The number of ether oxygens (including phenoxy) is 2. The Bertz CT molecular complexity index is 1520. The zero-order valence-corrected chi connectivity index (χ0v) is 19.9. The van der Waals surface area contributed by atoms with Crippen LogP contribution >= 0.6 is 11.3 Å². The summed E-state index contributed by atoms with van der Waals surface area (Å²) in [6, 6.07) is 11.8. The molecule has 0 fully saturated rings. The van der Waals surface area contributed by atoms with E-state index < -0.39 is 0 Å². The number of carbonyl (C=O) groups excluding carboxylic acids is 2. The summed E-state index contributed by atoms with van der Waals surface area (Å²) in [5, 5.41) is 6.24. The molecular weight excluding hydrogens is 468 g/mol. The first kappa shape index (κ1) is 22.6. The van der Waals surface area contributed by atoms with Gasteiger partial charge in [0.25, 0.3) is 11.5 Å². The highest BCUT2D eigenvalue weighted by Crippen LogP contribution is 2.32. The Kier molecular flexibility index (Phi) is 5.96.